The third kappa shape index (κ3) is 3.06. The number of carbonyl (C=O) groups is 1. The monoisotopic (exact) mass is 264 g/mol. The normalized spacial score (nSPS) is 10.3. The summed E-state index contributed by atoms with van der Waals surface area (Å²) in [5.41, 5.74) is 2.44. The molecule has 0 atom stereocenters. The first-order valence-corrected chi connectivity index (χ1v) is 6.18. The summed E-state index contributed by atoms with van der Waals surface area (Å²) >= 11 is 1.55. The number of hydrogen-bond donors (Lipinski definition) is 3. The highest BCUT2D eigenvalue weighted by molar-refractivity contribution is 7.98. The van der Waals surface area contributed by atoms with Gasteiger partial charge in [0.05, 0.1) is 11.3 Å². The lowest BCUT2D eigenvalue weighted by molar-refractivity contribution is 0.0953. The average Bonchev–Trinajstić information content (AvgIpc) is 2.86. The van der Waals surface area contributed by atoms with Gasteiger partial charge in [0.15, 0.2) is 0 Å². The van der Waals surface area contributed by atoms with E-state index in [0.29, 0.717) is 17.1 Å². The van der Waals surface area contributed by atoms with Crippen LogP contribution >= 0.6 is 11.8 Å². The number of nitrogens with one attached hydrogen (secondary N) is 1. The molecule has 1 aromatic heterocycles. The Balaban J connectivity index is 1.96. The molecule has 1 heterocycles. The summed E-state index contributed by atoms with van der Waals surface area (Å²) in [5, 5.41) is 9.15. The quantitative estimate of drug-likeness (QED) is 0.339. The highest BCUT2D eigenvalue weighted by Crippen LogP contribution is 2.25. The molecule has 2 rings (SSSR count). The van der Waals surface area contributed by atoms with Gasteiger partial charge >= 0.3 is 0 Å². The maximum absolute atomic E-state index is 11.2. The van der Waals surface area contributed by atoms with Gasteiger partial charge in [0.1, 0.15) is 17.8 Å². The van der Waals surface area contributed by atoms with Crippen LogP contribution in [0.15, 0.2) is 45.9 Å². The van der Waals surface area contributed by atoms with E-state index in [0.717, 1.165) is 4.90 Å². The molecule has 94 valence electrons. The van der Waals surface area contributed by atoms with Crippen LogP contribution in [0.1, 0.15) is 16.1 Å². The molecule has 2 aromatic rings. The minimum absolute atomic E-state index is 0.235. The van der Waals surface area contributed by atoms with Crippen LogP contribution in [0.4, 0.5) is 0 Å². The molecular weight excluding hydrogens is 252 g/mol. The van der Waals surface area contributed by atoms with E-state index in [-0.39, 0.29) is 11.7 Å². The zero-order valence-corrected chi connectivity index (χ0v) is 10.2. The van der Waals surface area contributed by atoms with E-state index in [2.05, 4.69) is 0 Å². The van der Waals surface area contributed by atoms with Crippen molar-refractivity contribution in [3.63, 3.8) is 0 Å². The van der Waals surface area contributed by atoms with E-state index >= 15 is 0 Å². The first kappa shape index (κ1) is 12.5. The maximum atomic E-state index is 11.2. The van der Waals surface area contributed by atoms with Crippen molar-refractivity contribution < 1.29 is 14.3 Å². The molecule has 5 nitrogen and oxygen atoms in total. The summed E-state index contributed by atoms with van der Waals surface area (Å²) in [5.74, 6) is 6.17. The standard InChI is InChI=1S/C12H12N2O3S/c13-14-12(16)8-5-10(17-6-8)7-18-11-3-1-9(15)2-4-11/h1-6,15H,7,13H2,(H,14,16). The van der Waals surface area contributed by atoms with Crippen molar-refractivity contribution in [3.05, 3.63) is 47.9 Å². The first-order chi connectivity index (χ1) is 8.69. The molecule has 0 aliphatic heterocycles. The van der Waals surface area contributed by atoms with Gasteiger partial charge < -0.3 is 9.52 Å². The molecule has 4 N–H and O–H groups in total. The Labute approximate surface area is 108 Å². The number of nitrogen functional groups attached to an aromatic ring is 1. The number of rotatable bonds is 4. The van der Waals surface area contributed by atoms with Crippen LogP contribution in [0.2, 0.25) is 0 Å². The Morgan fingerprint density at radius 2 is 2.11 bits per heavy atom. The second-order valence-electron chi connectivity index (χ2n) is 3.56. The third-order valence-electron chi connectivity index (χ3n) is 2.26. The van der Waals surface area contributed by atoms with Crippen LogP contribution in [-0.2, 0) is 5.75 Å². The van der Waals surface area contributed by atoms with Crippen LogP contribution in [0.3, 0.4) is 0 Å². The Bertz CT molecular complexity index is 537. The van der Waals surface area contributed by atoms with Crippen LogP contribution in [-0.4, -0.2) is 11.0 Å². The molecule has 0 saturated carbocycles. The summed E-state index contributed by atoms with van der Waals surface area (Å²) in [7, 11) is 0. The molecule has 0 bridgehead atoms. The van der Waals surface area contributed by atoms with Crippen molar-refractivity contribution >= 4 is 17.7 Å². The molecule has 1 aromatic carbocycles. The van der Waals surface area contributed by atoms with Crippen LogP contribution in [0.5, 0.6) is 5.75 Å². The lowest BCUT2D eigenvalue weighted by Gasteiger charge is -1.99. The van der Waals surface area contributed by atoms with Gasteiger partial charge in [0, 0.05) is 4.90 Å². The number of aromatic hydroxyl groups is 1. The molecule has 0 fully saturated rings. The van der Waals surface area contributed by atoms with E-state index in [4.69, 9.17) is 15.4 Å². The Morgan fingerprint density at radius 3 is 2.78 bits per heavy atom. The smallest absolute Gasteiger partial charge is 0.268 e. The van der Waals surface area contributed by atoms with Crippen molar-refractivity contribution in [3.8, 4) is 5.75 Å². The number of hydrazine groups is 1. The fourth-order valence-corrected chi connectivity index (χ4v) is 2.14. The van der Waals surface area contributed by atoms with E-state index in [1.165, 1.54) is 6.26 Å². The number of benzene rings is 1. The van der Waals surface area contributed by atoms with Crippen molar-refractivity contribution in [1.82, 2.24) is 5.43 Å². The molecule has 6 heteroatoms. The van der Waals surface area contributed by atoms with Gasteiger partial charge in [-0.05, 0) is 30.3 Å². The number of phenolic OH excluding ortho intramolecular Hbond substituents is 1. The number of hydrogen-bond acceptors (Lipinski definition) is 5. The highest BCUT2D eigenvalue weighted by atomic mass is 32.2. The van der Waals surface area contributed by atoms with Crippen molar-refractivity contribution in [2.75, 3.05) is 0 Å². The number of carbonyl (C=O) groups excluding carboxylic acids is 1. The van der Waals surface area contributed by atoms with Crippen LogP contribution in [0, 0.1) is 0 Å². The van der Waals surface area contributed by atoms with Gasteiger partial charge in [-0.2, -0.15) is 0 Å². The molecule has 0 aliphatic rings. The van der Waals surface area contributed by atoms with Crippen molar-refractivity contribution in [2.24, 2.45) is 5.84 Å². The van der Waals surface area contributed by atoms with E-state index in [1.54, 1.807) is 30.0 Å². The first-order valence-electron chi connectivity index (χ1n) is 5.19. The SMILES string of the molecule is NNC(=O)c1coc(CSc2ccc(O)cc2)c1. The van der Waals surface area contributed by atoms with Gasteiger partial charge in [-0.1, -0.05) is 0 Å². The number of phenols is 1. The molecule has 0 aliphatic carbocycles. The average molecular weight is 264 g/mol. The summed E-state index contributed by atoms with van der Waals surface area (Å²) < 4.78 is 5.25. The lowest BCUT2D eigenvalue weighted by Crippen LogP contribution is -2.29. The Hall–Kier alpha value is -1.92. The molecule has 0 spiro atoms. The van der Waals surface area contributed by atoms with Gasteiger partial charge in [-0.25, -0.2) is 5.84 Å². The predicted octanol–water partition coefficient (Wildman–Crippen LogP) is 1.88. The van der Waals surface area contributed by atoms with Gasteiger partial charge in [-0.3, -0.25) is 10.2 Å². The van der Waals surface area contributed by atoms with Crippen LogP contribution < -0.4 is 11.3 Å². The molecule has 0 saturated heterocycles. The minimum atomic E-state index is -0.375. The van der Waals surface area contributed by atoms with Crippen LogP contribution in [0.25, 0.3) is 0 Å². The van der Waals surface area contributed by atoms with Gasteiger partial charge in [0.2, 0.25) is 0 Å². The minimum Gasteiger partial charge on any atom is -0.508 e. The Morgan fingerprint density at radius 1 is 1.39 bits per heavy atom. The highest BCUT2D eigenvalue weighted by Gasteiger charge is 2.08. The summed E-state index contributed by atoms with van der Waals surface area (Å²) in [6.45, 7) is 0. The molecule has 18 heavy (non-hydrogen) atoms. The van der Waals surface area contributed by atoms with E-state index in [9.17, 15) is 4.79 Å². The van der Waals surface area contributed by atoms with Crippen molar-refractivity contribution in [1.29, 1.82) is 0 Å². The molecule has 0 unspecified atom stereocenters. The molecular formula is C12H12N2O3S. The molecule has 1 amide bonds. The van der Waals surface area contributed by atoms with E-state index in [1.807, 2.05) is 17.6 Å². The Kier molecular flexibility index (Phi) is 3.91. The largest absolute Gasteiger partial charge is 0.508 e. The summed E-state index contributed by atoms with van der Waals surface area (Å²) in [4.78, 5) is 12.2. The second kappa shape index (κ2) is 5.61. The lowest BCUT2D eigenvalue weighted by atomic mass is 10.3. The van der Waals surface area contributed by atoms with E-state index < -0.39 is 0 Å². The third-order valence-corrected chi connectivity index (χ3v) is 3.30. The maximum Gasteiger partial charge on any atom is 0.268 e. The fourth-order valence-electron chi connectivity index (χ4n) is 1.36. The number of thioether (sulfide) groups is 1. The number of furan rings is 1. The fraction of sp³-hybridized carbons (Fsp3) is 0.0833. The van der Waals surface area contributed by atoms with Gasteiger partial charge in [0.25, 0.3) is 5.91 Å². The zero-order valence-electron chi connectivity index (χ0n) is 9.42. The van der Waals surface area contributed by atoms with Gasteiger partial charge in [-0.15, -0.1) is 11.8 Å². The van der Waals surface area contributed by atoms with Crippen molar-refractivity contribution in [2.45, 2.75) is 10.6 Å². The second-order valence-corrected chi connectivity index (χ2v) is 4.61. The molecule has 0 radical (unpaired) electrons. The number of nitrogens with two attached hydrogens (primary N) is 1. The zero-order chi connectivity index (χ0) is 13.0. The predicted molar refractivity (Wildman–Crippen MR) is 68.0 cm³/mol. The summed E-state index contributed by atoms with van der Waals surface area (Å²) in [6.07, 6.45) is 1.37. The number of amides is 1. The summed E-state index contributed by atoms with van der Waals surface area (Å²) in [6, 6.07) is 8.53. The topological polar surface area (TPSA) is 88.5 Å².